The first-order valence-electron chi connectivity index (χ1n) is 12.2. The summed E-state index contributed by atoms with van der Waals surface area (Å²) in [5.41, 5.74) is 10.8. The number of fused-ring (bicyclic) bond motifs is 2. The molecule has 8 nitrogen and oxygen atoms in total. The zero-order valence-electron chi connectivity index (χ0n) is 19.8. The van der Waals surface area contributed by atoms with Gasteiger partial charge in [0.15, 0.2) is 0 Å². The number of nitrogens with two attached hydrogens (primary N) is 1. The molecular weight excluding hydrogens is 424 g/mol. The minimum atomic E-state index is 0.311. The zero-order valence-corrected chi connectivity index (χ0v) is 19.8. The van der Waals surface area contributed by atoms with Crippen LogP contribution < -0.4 is 5.73 Å². The lowest BCUT2D eigenvalue weighted by molar-refractivity contribution is 0.196. The lowest BCUT2D eigenvalue weighted by atomic mass is 9.91. The molecule has 1 unspecified atom stereocenters. The minimum absolute atomic E-state index is 0.311. The molecule has 2 aromatic heterocycles. The van der Waals surface area contributed by atoms with E-state index in [1.807, 2.05) is 23.4 Å². The number of likely N-dealkylation sites (tertiary alicyclic amines) is 1. The average molecular weight is 457 g/mol. The second kappa shape index (κ2) is 9.82. The van der Waals surface area contributed by atoms with Gasteiger partial charge in [-0.15, -0.1) is 4.99 Å². The maximum absolute atomic E-state index is 8.88. The average Bonchev–Trinajstić information content (AvgIpc) is 3.20. The van der Waals surface area contributed by atoms with Gasteiger partial charge in [0.2, 0.25) is 12.2 Å². The molecule has 0 saturated carbocycles. The molecule has 5 rings (SSSR count). The Bertz CT molecular complexity index is 1220. The van der Waals surface area contributed by atoms with Gasteiger partial charge in [-0.25, -0.2) is 4.98 Å². The number of nitrogens with zero attached hydrogens (tertiary/aromatic N) is 7. The van der Waals surface area contributed by atoms with Crippen LogP contribution in [0.4, 0.5) is 0 Å². The van der Waals surface area contributed by atoms with E-state index >= 15 is 0 Å². The van der Waals surface area contributed by atoms with Crippen molar-refractivity contribution in [2.24, 2.45) is 16.6 Å². The first kappa shape index (κ1) is 22.4. The Balaban J connectivity index is 1.40. The van der Waals surface area contributed by atoms with Crippen LogP contribution >= 0.6 is 0 Å². The summed E-state index contributed by atoms with van der Waals surface area (Å²) < 4.78 is 2.39. The molecule has 8 heteroatoms. The number of hydrogen-bond donors (Lipinski definition) is 1. The summed E-state index contributed by atoms with van der Waals surface area (Å²) in [5, 5.41) is 8.88. The summed E-state index contributed by atoms with van der Waals surface area (Å²) in [6.45, 7) is 3.30. The number of guanidine groups is 1. The smallest absolute Gasteiger partial charge is 0.209 e. The number of imidazole rings is 1. The van der Waals surface area contributed by atoms with Gasteiger partial charge in [-0.2, -0.15) is 5.26 Å². The van der Waals surface area contributed by atoms with Crippen LogP contribution in [-0.2, 0) is 19.5 Å². The SMILES string of the molecule is CN(Cc1nc2ccccc2n1CC1CCCN(C(N)=NC#N)C1)[C@H]1CCCc2cccnc21. The van der Waals surface area contributed by atoms with Crippen LogP contribution in [0.2, 0.25) is 0 Å². The largest absolute Gasteiger partial charge is 0.369 e. The van der Waals surface area contributed by atoms with Crippen LogP contribution in [0.3, 0.4) is 0 Å². The summed E-state index contributed by atoms with van der Waals surface area (Å²) in [6.07, 6.45) is 9.31. The molecule has 0 spiro atoms. The molecule has 1 fully saturated rings. The monoisotopic (exact) mass is 456 g/mol. The van der Waals surface area contributed by atoms with E-state index in [2.05, 4.69) is 51.8 Å². The molecule has 2 N–H and O–H groups in total. The van der Waals surface area contributed by atoms with Gasteiger partial charge in [0.1, 0.15) is 5.82 Å². The van der Waals surface area contributed by atoms with E-state index in [1.54, 1.807) is 0 Å². The normalized spacial score (nSPS) is 21.0. The number of aryl methyl sites for hydroxylation is 1. The predicted molar refractivity (Wildman–Crippen MR) is 133 cm³/mol. The van der Waals surface area contributed by atoms with Crippen molar-refractivity contribution in [3.8, 4) is 6.19 Å². The molecule has 3 heterocycles. The second-order valence-electron chi connectivity index (χ2n) is 9.52. The molecule has 0 amide bonds. The van der Waals surface area contributed by atoms with Gasteiger partial charge >= 0.3 is 0 Å². The van der Waals surface area contributed by atoms with Crippen molar-refractivity contribution < 1.29 is 0 Å². The number of benzene rings is 1. The van der Waals surface area contributed by atoms with Crippen LogP contribution in [0.15, 0.2) is 47.6 Å². The number of hydrogen-bond acceptors (Lipinski definition) is 5. The molecular formula is C26H32N8. The molecule has 1 saturated heterocycles. The number of piperidine rings is 1. The lowest BCUT2D eigenvalue weighted by Gasteiger charge is -2.34. The standard InChI is InChI=1S/C26H32N8/c1-32(23-12-4-8-20-9-5-13-29-25(20)23)17-24-31-21-10-2-3-11-22(21)34(24)16-19-7-6-14-33(15-19)26(28)30-18-27/h2-3,5,9-11,13,19,23H,4,6-8,12,14-17H2,1H3,(H2,28,30)/t19?,23-/m0/s1. The summed E-state index contributed by atoms with van der Waals surface area (Å²) in [5.74, 6) is 1.83. The van der Waals surface area contributed by atoms with E-state index in [-0.39, 0.29) is 0 Å². The van der Waals surface area contributed by atoms with Gasteiger partial charge in [0, 0.05) is 25.8 Å². The fourth-order valence-corrected chi connectivity index (χ4v) is 5.60. The number of rotatable bonds is 5. The van der Waals surface area contributed by atoms with Crippen LogP contribution in [-0.4, -0.2) is 50.4 Å². The van der Waals surface area contributed by atoms with E-state index < -0.39 is 0 Å². The molecule has 34 heavy (non-hydrogen) atoms. The van der Waals surface area contributed by atoms with Gasteiger partial charge in [0.25, 0.3) is 0 Å². The number of nitriles is 1. The molecule has 0 bridgehead atoms. The molecule has 0 radical (unpaired) electrons. The number of aliphatic imine (C=N–C) groups is 1. The van der Waals surface area contributed by atoms with E-state index in [9.17, 15) is 0 Å². The second-order valence-corrected chi connectivity index (χ2v) is 9.52. The summed E-state index contributed by atoms with van der Waals surface area (Å²) in [7, 11) is 2.19. The van der Waals surface area contributed by atoms with Crippen LogP contribution in [0.25, 0.3) is 11.0 Å². The molecule has 1 aliphatic heterocycles. The highest BCUT2D eigenvalue weighted by atomic mass is 15.3. The van der Waals surface area contributed by atoms with Gasteiger partial charge in [-0.3, -0.25) is 9.88 Å². The lowest BCUT2D eigenvalue weighted by Crippen LogP contribution is -2.44. The van der Waals surface area contributed by atoms with Crippen LogP contribution in [0.5, 0.6) is 0 Å². The van der Waals surface area contributed by atoms with Crippen LogP contribution in [0, 0.1) is 17.4 Å². The highest BCUT2D eigenvalue weighted by Gasteiger charge is 2.27. The van der Waals surface area contributed by atoms with Crippen molar-refractivity contribution in [2.75, 3.05) is 20.1 Å². The number of para-hydroxylation sites is 2. The number of pyridine rings is 1. The maximum atomic E-state index is 8.88. The molecule has 176 valence electrons. The van der Waals surface area contributed by atoms with Gasteiger partial charge in [0.05, 0.1) is 29.3 Å². The third-order valence-electron chi connectivity index (χ3n) is 7.27. The van der Waals surface area contributed by atoms with E-state index in [0.717, 1.165) is 63.2 Å². The summed E-state index contributed by atoms with van der Waals surface area (Å²) in [4.78, 5) is 18.0. The van der Waals surface area contributed by atoms with E-state index in [4.69, 9.17) is 21.0 Å². The maximum Gasteiger partial charge on any atom is 0.209 e. The zero-order chi connectivity index (χ0) is 23.5. The molecule has 1 aromatic carbocycles. The van der Waals surface area contributed by atoms with Gasteiger partial charge in [-0.05, 0) is 68.8 Å². The molecule has 1 aliphatic carbocycles. The Hall–Kier alpha value is -3.44. The fourth-order valence-electron chi connectivity index (χ4n) is 5.60. The Kier molecular flexibility index (Phi) is 6.45. The van der Waals surface area contributed by atoms with Gasteiger partial charge < -0.3 is 15.2 Å². The Morgan fingerprint density at radius 3 is 3.00 bits per heavy atom. The Labute approximate surface area is 200 Å². The summed E-state index contributed by atoms with van der Waals surface area (Å²) in [6, 6.07) is 13.0. The summed E-state index contributed by atoms with van der Waals surface area (Å²) >= 11 is 0. The Morgan fingerprint density at radius 2 is 2.12 bits per heavy atom. The minimum Gasteiger partial charge on any atom is -0.369 e. The third-order valence-corrected chi connectivity index (χ3v) is 7.27. The molecule has 2 aliphatic rings. The van der Waals surface area contributed by atoms with Crippen molar-refractivity contribution >= 4 is 17.0 Å². The van der Waals surface area contributed by atoms with E-state index in [1.165, 1.54) is 23.2 Å². The molecule has 2 atom stereocenters. The topological polar surface area (TPSA) is 99.4 Å². The van der Waals surface area contributed by atoms with Crippen molar-refractivity contribution in [2.45, 2.75) is 51.2 Å². The highest BCUT2D eigenvalue weighted by Crippen LogP contribution is 2.33. The molecule has 3 aromatic rings. The predicted octanol–water partition coefficient (Wildman–Crippen LogP) is 3.45. The van der Waals surface area contributed by atoms with Crippen molar-refractivity contribution in [1.82, 2.24) is 24.3 Å². The van der Waals surface area contributed by atoms with Gasteiger partial charge in [-0.1, -0.05) is 18.2 Å². The quantitative estimate of drug-likeness (QED) is 0.359. The van der Waals surface area contributed by atoms with E-state index in [0.29, 0.717) is 17.9 Å². The highest BCUT2D eigenvalue weighted by molar-refractivity contribution is 5.79. The first-order valence-corrected chi connectivity index (χ1v) is 12.2. The van der Waals surface area contributed by atoms with Crippen molar-refractivity contribution in [3.63, 3.8) is 0 Å². The fraction of sp³-hybridized carbons (Fsp3) is 0.462. The number of aromatic nitrogens is 3. The third kappa shape index (κ3) is 4.48. The Morgan fingerprint density at radius 1 is 1.24 bits per heavy atom. The van der Waals surface area contributed by atoms with Crippen molar-refractivity contribution in [1.29, 1.82) is 5.26 Å². The van der Waals surface area contributed by atoms with Crippen molar-refractivity contribution in [3.05, 3.63) is 59.7 Å². The first-order chi connectivity index (χ1) is 16.6. The van der Waals surface area contributed by atoms with Crippen LogP contribution in [0.1, 0.15) is 48.8 Å².